The highest BCUT2D eigenvalue weighted by Gasteiger charge is 2.47. The van der Waals surface area contributed by atoms with Crippen LogP contribution in [0.25, 0.3) is 0 Å². The predicted molar refractivity (Wildman–Crippen MR) is 89.2 cm³/mol. The van der Waals surface area contributed by atoms with Crippen LogP contribution in [0.15, 0.2) is 12.2 Å². The van der Waals surface area contributed by atoms with Gasteiger partial charge in [-0.1, -0.05) is 37.3 Å². The van der Waals surface area contributed by atoms with E-state index in [4.69, 9.17) is 0 Å². The van der Waals surface area contributed by atoms with Crippen molar-refractivity contribution in [2.45, 2.75) is 33.1 Å². The van der Waals surface area contributed by atoms with Crippen LogP contribution in [0.3, 0.4) is 0 Å². The van der Waals surface area contributed by atoms with Crippen molar-refractivity contribution in [3.8, 4) is 0 Å². The second-order valence-corrected chi connectivity index (χ2v) is 7.63. The first kappa shape index (κ1) is 16.8. The van der Waals surface area contributed by atoms with Crippen LogP contribution < -0.4 is 5.32 Å². The number of allylic oxidation sites excluding steroid dienone is 2. The maximum atomic E-state index is 12.3. The third-order valence-electron chi connectivity index (χ3n) is 4.20. The number of anilines is 1. The first-order valence-electron chi connectivity index (χ1n) is 8.08. The predicted octanol–water partition coefficient (Wildman–Crippen LogP) is 1.63. The van der Waals surface area contributed by atoms with Crippen molar-refractivity contribution in [1.29, 1.82) is 0 Å². The van der Waals surface area contributed by atoms with E-state index in [0.29, 0.717) is 23.9 Å². The molecule has 0 saturated carbocycles. The fourth-order valence-corrected chi connectivity index (χ4v) is 4.03. The van der Waals surface area contributed by atoms with E-state index >= 15 is 0 Å². The number of carbonyl (C=O) groups excluding carboxylic acids is 3. The Morgan fingerprint density at radius 3 is 2.46 bits per heavy atom. The summed E-state index contributed by atoms with van der Waals surface area (Å²) in [6.07, 6.45) is 5.79. The number of likely N-dealkylation sites (tertiary alicyclic amines) is 1. The van der Waals surface area contributed by atoms with E-state index in [1.54, 1.807) is 0 Å². The van der Waals surface area contributed by atoms with Crippen molar-refractivity contribution in [2.75, 3.05) is 11.9 Å². The molecular formula is C16H20N4O3S. The van der Waals surface area contributed by atoms with Crippen LogP contribution in [0, 0.1) is 17.8 Å². The molecular weight excluding hydrogens is 328 g/mol. The zero-order valence-electron chi connectivity index (χ0n) is 13.7. The maximum absolute atomic E-state index is 12.3. The Labute approximate surface area is 144 Å². The molecule has 7 nitrogen and oxygen atoms in total. The molecule has 0 spiro atoms. The minimum Gasteiger partial charge on any atom is -0.299 e. The molecule has 128 valence electrons. The van der Waals surface area contributed by atoms with Crippen LogP contribution in [0.1, 0.15) is 31.7 Å². The number of hydrogen-bond donors (Lipinski definition) is 1. The van der Waals surface area contributed by atoms with Gasteiger partial charge in [-0.25, -0.2) is 0 Å². The molecule has 0 radical (unpaired) electrons. The lowest BCUT2D eigenvalue weighted by Crippen LogP contribution is -2.38. The number of rotatable bonds is 5. The molecule has 2 aliphatic rings. The summed E-state index contributed by atoms with van der Waals surface area (Å²) in [5.41, 5.74) is 0. The largest absolute Gasteiger partial charge is 0.299 e. The first-order valence-corrected chi connectivity index (χ1v) is 8.89. The van der Waals surface area contributed by atoms with Crippen LogP contribution in [-0.2, 0) is 20.8 Å². The van der Waals surface area contributed by atoms with E-state index < -0.39 is 5.91 Å². The molecule has 0 aromatic carbocycles. The quantitative estimate of drug-likeness (QED) is 0.645. The van der Waals surface area contributed by atoms with Gasteiger partial charge in [0.1, 0.15) is 11.6 Å². The Hall–Kier alpha value is -2.09. The summed E-state index contributed by atoms with van der Waals surface area (Å²) in [7, 11) is 0. The summed E-state index contributed by atoms with van der Waals surface area (Å²) in [6.45, 7) is 3.90. The van der Waals surface area contributed by atoms with Crippen LogP contribution in [0.5, 0.6) is 0 Å². The highest BCUT2D eigenvalue weighted by atomic mass is 32.1. The van der Waals surface area contributed by atoms with E-state index in [-0.39, 0.29) is 30.2 Å². The number of aromatic nitrogens is 2. The van der Waals surface area contributed by atoms with Crippen molar-refractivity contribution in [3.05, 3.63) is 17.2 Å². The fourth-order valence-electron chi connectivity index (χ4n) is 3.06. The van der Waals surface area contributed by atoms with Gasteiger partial charge in [0.25, 0.3) is 0 Å². The minimum absolute atomic E-state index is 0.248. The standard InChI is InChI=1S/C16H20N4O3S/c1-9(2)7-13-18-19-16(24-13)17-12(21)8-20-14(22)10-5-3-4-6-11(10)15(20)23/h3-4,9-11H,5-8H2,1-2H3,(H,17,19,21). The molecule has 1 aromatic rings. The summed E-state index contributed by atoms with van der Waals surface area (Å²) in [6, 6.07) is 0. The van der Waals surface area contributed by atoms with Gasteiger partial charge in [0, 0.05) is 6.42 Å². The average Bonchev–Trinajstić information content (AvgIpc) is 3.05. The van der Waals surface area contributed by atoms with E-state index in [2.05, 4.69) is 29.4 Å². The number of carbonyl (C=O) groups is 3. The molecule has 1 aromatic heterocycles. The van der Waals surface area contributed by atoms with Crippen LogP contribution in [0.2, 0.25) is 0 Å². The lowest BCUT2D eigenvalue weighted by Gasteiger charge is -2.14. The molecule has 2 unspecified atom stereocenters. The Morgan fingerprint density at radius 1 is 1.25 bits per heavy atom. The molecule has 3 rings (SSSR count). The SMILES string of the molecule is CC(C)Cc1nnc(NC(=O)CN2C(=O)C3CC=CCC3C2=O)s1. The monoisotopic (exact) mass is 348 g/mol. The molecule has 24 heavy (non-hydrogen) atoms. The zero-order chi connectivity index (χ0) is 17.3. The Balaban J connectivity index is 1.60. The Morgan fingerprint density at radius 2 is 1.88 bits per heavy atom. The Kier molecular flexibility index (Phi) is 4.75. The normalized spacial score (nSPS) is 23.0. The summed E-state index contributed by atoms with van der Waals surface area (Å²) >= 11 is 1.32. The third kappa shape index (κ3) is 3.38. The van der Waals surface area contributed by atoms with Gasteiger partial charge in [-0.15, -0.1) is 10.2 Å². The highest BCUT2D eigenvalue weighted by Crippen LogP contribution is 2.34. The number of imide groups is 1. The van der Waals surface area contributed by atoms with Crippen molar-refractivity contribution in [2.24, 2.45) is 17.8 Å². The van der Waals surface area contributed by atoms with Gasteiger partial charge in [0.15, 0.2) is 0 Å². The van der Waals surface area contributed by atoms with Crippen LogP contribution in [0.4, 0.5) is 5.13 Å². The molecule has 0 bridgehead atoms. The lowest BCUT2D eigenvalue weighted by molar-refractivity contribution is -0.142. The second kappa shape index (κ2) is 6.80. The molecule has 1 aliphatic heterocycles. The Bertz CT molecular complexity index is 671. The molecule has 2 heterocycles. The molecule has 1 N–H and O–H groups in total. The van der Waals surface area contributed by atoms with E-state index in [0.717, 1.165) is 16.3 Å². The van der Waals surface area contributed by atoms with Gasteiger partial charge >= 0.3 is 0 Å². The van der Waals surface area contributed by atoms with Gasteiger partial charge in [0.2, 0.25) is 22.9 Å². The molecule has 3 amide bonds. The second-order valence-electron chi connectivity index (χ2n) is 6.57. The zero-order valence-corrected chi connectivity index (χ0v) is 14.5. The third-order valence-corrected chi connectivity index (χ3v) is 5.06. The summed E-state index contributed by atoms with van der Waals surface area (Å²) < 4.78 is 0. The topological polar surface area (TPSA) is 92.3 Å². The lowest BCUT2D eigenvalue weighted by atomic mass is 9.85. The summed E-state index contributed by atoms with van der Waals surface area (Å²) in [4.78, 5) is 37.9. The number of fused-ring (bicyclic) bond motifs is 1. The molecule has 8 heteroatoms. The molecule has 1 fully saturated rings. The van der Waals surface area contributed by atoms with E-state index in [1.165, 1.54) is 11.3 Å². The number of nitrogens with one attached hydrogen (secondary N) is 1. The van der Waals surface area contributed by atoms with Gasteiger partial charge < -0.3 is 0 Å². The number of amides is 3. The highest BCUT2D eigenvalue weighted by molar-refractivity contribution is 7.15. The first-order chi connectivity index (χ1) is 11.5. The van der Waals surface area contributed by atoms with Crippen molar-refractivity contribution >= 4 is 34.2 Å². The van der Waals surface area contributed by atoms with Crippen LogP contribution >= 0.6 is 11.3 Å². The van der Waals surface area contributed by atoms with Gasteiger partial charge in [-0.05, 0) is 18.8 Å². The van der Waals surface area contributed by atoms with Crippen LogP contribution in [-0.4, -0.2) is 39.4 Å². The summed E-state index contributed by atoms with van der Waals surface area (Å²) in [5, 5.41) is 11.8. The smallest absolute Gasteiger partial charge is 0.246 e. The molecule has 1 aliphatic carbocycles. The van der Waals surface area contributed by atoms with Crippen molar-refractivity contribution < 1.29 is 14.4 Å². The van der Waals surface area contributed by atoms with Gasteiger partial charge in [-0.2, -0.15) is 0 Å². The van der Waals surface area contributed by atoms with Crippen molar-refractivity contribution in [1.82, 2.24) is 15.1 Å². The molecule has 1 saturated heterocycles. The molecule has 2 atom stereocenters. The van der Waals surface area contributed by atoms with Gasteiger partial charge in [0.05, 0.1) is 11.8 Å². The fraction of sp³-hybridized carbons (Fsp3) is 0.562. The number of nitrogens with zero attached hydrogens (tertiary/aromatic N) is 3. The number of hydrogen-bond acceptors (Lipinski definition) is 6. The maximum Gasteiger partial charge on any atom is 0.246 e. The summed E-state index contributed by atoms with van der Waals surface area (Å²) in [5.74, 6) is -1.08. The van der Waals surface area contributed by atoms with Gasteiger partial charge in [-0.3, -0.25) is 24.6 Å². The van der Waals surface area contributed by atoms with E-state index in [1.807, 2.05) is 12.2 Å². The van der Waals surface area contributed by atoms with E-state index in [9.17, 15) is 14.4 Å². The average molecular weight is 348 g/mol. The van der Waals surface area contributed by atoms with Crippen molar-refractivity contribution in [3.63, 3.8) is 0 Å². The minimum atomic E-state index is -0.421.